The Labute approximate surface area is 189 Å². The van der Waals surface area contributed by atoms with Crippen LogP contribution >= 0.6 is 24.4 Å². The van der Waals surface area contributed by atoms with Crippen LogP contribution in [0.15, 0.2) is 18.5 Å². The first-order valence-electron chi connectivity index (χ1n) is 10.6. The summed E-state index contributed by atoms with van der Waals surface area (Å²) in [6.45, 7) is 9.82. The lowest BCUT2D eigenvalue weighted by molar-refractivity contribution is -0.141. The third-order valence-electron chi connectivity index (χ3n) is 5.04. The van der Waals surface area contributed by atoms with E-state index in [9.17, 15) is 4.79 Å². The van der Waals surface area contributed by atoms with Crippen LogP contribution in [0.5, 0.6) is 5.88 Å². The molecule has 1 atom stereocenters. The lowest BCUT2D eigenvalue weighted by Gasteiger charge is -2.39. The van der Waals surface area contributed by atoms with E-state index < -0.39 is 0 Å². The molecule has 0 spiro atoms. The van der Waals surface area contributed by atoms with Crippen molar-refractivity contribution in [2.75, 3.05) is 13.1 Å². The van der Waals surface area contributed by atoms with E-state index in [1.807, 2.05) is 11.0 Å². The maximum atomic E-state index is 12.0. The van der Waals surface area contributed by atoms with Gasteiger partial charge in [-0.25, -0.2) is 9.97 Å². The molecule has 3 heterocycles. The molecule has 1 N–H and O–H groups in total. The number of nitrogens with zero attached hydrogens (tertiary/aromatic N) is 3. The second-order valence-electron chi connectivity index (χ2n) is 8.65. The van der Waals surface area contributed by atoms with Crippen molar-refractivity contribution < 1.29 is 9.53 Å². The first-order valence-corrected chi connectivity index (χ1v) is 11.5. The molecule has 2 aliphatic rings. The number of rotatable bonds is 6. The van der Waals surface area contributed by atoms with Crippen LogP contribution in [0.25, 0.3) is 10.8 Å². The van der Waals surface area contributed by atoms with E-state index in [0.717, 1.165) is 41.5 Å². The maximum absolute atomic E-state index is 12.0. The van der Waals surface area contributed by atoms with Crippen molar-refractivity contribution in [2.45, 2.75) is 59.1 Å². The van der Waals surface area contributed by atoms with Crippen molar-refractivity contribution in [3.8, 4) is 5.88 Å². The van der Waals surface area contributed by atoms with E-state index in [0.29, 0.717) is 24.1 Å². The average molecular weight is 451 g/mol. The molecule has 1 amide bonds. The van der Waals surface area contributed by atoms with Crippen LogP contribution in [-0.2, 0) is 4.79 Å². The van der Waals surface area contributed by atoms with Crippen molar-refractivity contribution in [2.24, 2.45) is 11.8 Å². The molecular weight excluding hydrogens is 420 g/mol. The number of carbonyl (C=O) groups excluding carboxylic acids is 1. The molecule has 30 heavy (non-hydrogen) atoms. The molecular formula is C22H31ClN4O2S. The Bertz CT molecular complexity index is 878. The van der Waals surface area contributed by atoms with Gasteiger partial charge in [-0.1, -0.05) is 52.1 Å². The molecule has 1 unspecified atom stereocenters. The number of aromatic nitrogens is 2. The van der Waals surface area contributed by atoms with Crippen LogP contribution in [0.4, 0.5) is 0 Å². The van der Waals surface area contributed by atoms with Gasteiger partial charge in [0.25, 0.3) is 0 Å². The normalized spacial score (nSPS) is 17.4. The number of likely N-dealkylation sites (tertiary alicyclic amines) is 1. The molecule has 0 bridgehead atoms. The number of pyridine rings is 2. The van der Waals surface area contributed by atoms with Crippen LogP contribution < -0.4 is 9.46 Å². The summed E-state index contributed by atoms with van der Waals surface area (Å²) in [5.41, 5.74) is 1.01. The van der Waals surface area contributed by atoms with E-state index in [2.05, 4.69) is 55.2 Å². The smallest absolute Gasteiger partial charge is 0.225 e. The SMILES string of the molecule is CC(C)C.CCC(NS)c1cnc(OC2CN(C(=O)C3CC3)C2)c2cnc(Cl)cc12. The van der Waals surface area contributed by atoms with E-state index in [1.54, 1.807) is 12.4 Å². The lowest BCUT2D eigenvalue weighted by Crippen LogP contribution is -2.56. The van der Waals surface area contributed by atoms with E-state index in [1.165, 1.54) is 0 Å². The number of hydrogen-bond acceptors (Lipinski definition) is 6. The number of nitrogens with one attached hydrogen (secondary N) is 1. The van der Waals surface area contributed by atoms with Gasteiger partial charge in [0, 0.05) is 24.4 Å². The monoisotopic (exact) mass is 450 g/mol. The zero-order chi connectivity index (χ0) is 21.8. The van der Waals surface area contributed by atoms with Gasteiger partial charge in [0.1, 0.15) is 11.3 Å². The third-order valence-corrected chi connectivity index (χ3v) is 5.56. The number of carbonyl (C=O) groups is 1. The van der Waals surface area contributed by atoms with Gasteiger partial charge in [0.15, 0.2) is 0 Å². The van der Waals surface area contributed by atoms with Gasteiger partial charge in [-0.3, -0.25) is 9.52 Å². The molecule has 1 aliphatic carbocycles. The molecule has 8 heteroatoms. The fourth-order valence-electron chi connectivity index (χ4n) is 3.30. The maximum Gasteiger partial charge on any atom is 0.225 e. The molecule has 2 fully saturated rings. The summed E-state index contributed by atoms with van der Waals surface area (Å²) in [5, 5.41) is 2.20. The summed E-state index contributed by atoms with van der Waals surface area (Å²) < 4.78 is 9.06. The molecule has 1 saturated heterocycles. The van der Waals surface area contributed by atoms with Crippen LogP contribution in [-0.4, -0.2) is 40.0 Å². The number of thiol groups is 1. The number of halogens is 1. The van der Waals surface area contributed by atoms with Crippen molar-refractivity contribution in [3.63, 3.8) is 0 Å². The first kappa shape index (κ1) is 23.1. The second-order valence-corrected chi connectivity index (χ2v) is 9.30. The van der Waals surface area contributed by atoms with Gasteiger partial charge in [0.05, 0.1) is 18.5 Å². The Morgan fingerprint density at radius 2 is 1.93 bits per heavy atom. The first-order chi connectivity index (χ1) is 14.3. The van der Waals surface area contributed by atoms with Crippen LogP contribution in [0.2, 0.25) is 5.15 Å². The highest BCUT2D eigenvalue weighted by molar-refractivity contribution is 7.78. The van der Waals surface area contributed by atoms with Crippen LogP contribution in [0.3, 0.4) is 0 Å². The zero-order valence-corrected chi connectivity index (χ0v) is 19.7. The third kappa shape index (κ3) is 5.56. The minimum absolute atomic E-state index is 0.0279. The molecule has 0 aromatic carbocycles. The van der Waals surface area contributed by atoms with Gasteiger partial charge in [0.2, 0.25) is 11.8 Å². The molecule has 0 radical (unpaired) electrons. The minimum Gasteiger partial charge on any atom is -0.470 e. The van der Waals surface area contributed by atoms with Gasteiger partial charge in [-0.15, -0.1) is 0 Å². The largest absolute Gasteiger partial charge is 0.470 e. The van der Waals surface area contributed by atoms with Crippen molar-refractivity contribution in [3.05, 3.63) is 29.2 Å². The van der Waals surface area contributed by atoms with E-state index in [4.69, 9.17) is 16.3 Å². The fraction of sp³-hybridized carbons (Fsp3) is 0.591. The van der Waals surface area contributed by atoms with Gasteiger partial charge in [-0.05, 0) is 42.2 Å². The Balaban J connectivity index is 0.000000589. The zero-order valence-electron chi connectivity index (χ0n) is 18.1. The molecule has 2 aromatic rings. The Hall–Kier alpha value is -1.57. The van der Waals surface area contributed by atoms with Gasteiger partial charge in [-0.2, -0.15) is 0 Å². The summed E-state index contributed by atoms with van der Waals surface area (Å²) in [7, 11) is 0. The minimum atomic E-state index is -0.0279. The summed E-state index contributed by atoms with van der Waals surface area (Å²) >= 11 is 10.3. The van der Waals surface area contributed by atoms with E-state index >= 15 is 0 Å². The van der Waals surface area contributed by atoms with Crippen molar-refractivity contribution in [1.82, 2.24) is 19.6 Å². The molecule has 164 valence electrons. The molecule has 6 nitrogen and oxygen atoms in total. The van der Waals surface area contributed by atoms with Crippen LogP contribution in [0, 0.1) is 11.8 Å². The van der Waals surface area contributed by atoms with E-state index in [-0.39, 0.29) is 24.0 Å². The summed E-state index contributed by atoms with van der Waals surface area (Å²) in [6, 6.07) is 1.88. The van der Waals surface area contributed by atoms with Crippen LogP contribution in [0.1, 0.15) is 58.6 Å². The molecule has 1 aliphatic heterocycles. The average Bonchev–Trinajstić information content (AvgIpc) is 3.50. The predicted octanol–water partition coefficient (Wildman–Crippen LogP) is 4.83. The quantitative estimate of drug-likeness (QED) is 0.487. The topological polar surface area (TPSA) is 67.4 Å². The highest BCUT2D eigenvalue weighted by atomic mass is 35.5. The summed E-state index contributed by atoms with van der Waals surface area (Å²) in [6.07, 6.45) is 6.39. The predicted molar refractivity (Wildman–Crippen MR) is 124 cm³/mol. The number of amides is 1. The fourth-order valence-corrected chi connectivity index (χ4v) is 3.78. The Kier molecular flexibility index (Phi) is 7.82. The van der Waals surface area contributed by atoms with Gasteiger partial charge < -0.3 is 9.64 Å². The number of ether oxygens (including phenoxy) is 1. The molecule has 2 aromatic heterocycles. The summed E-state index contributed by atoms with van der Waals surface area (Å²) in [4.78, 5) is 22.6. The highest BCUT2D eigenvalue weighted by Crippen LogP contribution is 2.35. The highest BCUT2D eigenvalue weighted by Gasteiger charge is 2.40. The lowest BCUT2D eigenvalue weighted by atomic mass is 10.0. The number of hydrogen-bond donors (Lipinski definition) is 2. The number of fused-ring (bicyclic) bond motifs is 1. The van der Waals surface area contributed by atoms with Crippen molar-refractivity contribution >= 4 is 41.1 Å². The molecule has 1 saturated carbocycles. The second kappa shape index (κ2) is 10.2. The van der Waals surface area contributed by atoms with Crippen molar-refractivity contribution in [1.29, 1.82) is 0 Å². The molecule has 4 rings (SSSR count). The Morgan fingerprint density at radius 1 is 1.27 bits per heavy atom. The van der Waals surface area contributed by atoms with Gasteiger partial charge >= 0.3 is 0 Å². The summed E-state index contributed by atoms with van der Waals surface area (Å²) in [5.74, 6) is 1.88. The standard InChI is InChI=1S/C18H21ClN4O2S.C4H10/c1-2-15(22-26)13-6-21-17(14-7-20-16(19)5-12(13)14)25-11-8-23(9-11)18(24)10-3-4-10;1-4(2)3/h5-7,10-11,15,22,26H,2-4,8-9H2,1H3;4H,1-3H3. The Morgan fingerprint density at radius 3 is 2.50 bits per heavy atom.